The summed E-state index contributed by atoms with van der Waals surface area (Å²) < 4.78 is 28.4. The Morgan fingerprint density at radius 1 is 1.17 bits per heavy atom. The highest BCUT2D eigenvalue weighted by Crippen LogP contribution is 2.20. The normalized spacial score (nSPS) is 16.2. The molecule has 7 heteroatoms. The number of rotatable bonds is 4. The fraction of sp³-hybridized carbons (Fsp3) is 0.562. The van der Waals surface area contributed by atoms with Crippen LogP contribution < -0.4 is 10.2 Å². The molecule has 1 aliphatic heterocycles. The SMILES string of the molecule is CC(C)(C)S(=O)(=O)CC(=O)Nc1ccc(N2CCOCC2)cc1. The number of ether oxygens (including phenoxy) is 1. The molecule has 0 aliphatic carbocycles. The number of hydrogen-bond donors (Lipinski definition) is 1. The predicted octanol–water partition coefficient (Wildman–Crippen LogP) is 1.67. The molecule has 0 bridgehead atoms. The van der Waals surface area contributed by atoms with Crippen molar-refractivity contribution in [2.75, 3.05) is 42.3 Å². The summed E-state index contributed by atoms with van der Waals surface area (Å²) in [6, 6.07) is 7.40. The van der Waals surface area contributed by atoms with E-state index in [1.807, 2.05) is 12.1 Å². The van der Waals surface area contributed by atoms with Crippen LogP contribution in [-0.2, 0) is 19.4 Å². The fourth-order valence-corrected chi connectivity index (χ4v) is 3.01. The van der Waals surface area contributed by atoms with E-state index in [0.717, 1.165) is 18.8 Å². The average molecular weight is 340 g/mol. The number of nitrogens with zero attached hydrogens (tertiary/aromatic N) is 1. The van der Waals surface area contributed by atoms with Crippen molar-refractivity contribution >= 4 is 27.1 Å². The molecule has 6 nitrogen and oxygen atoms in total. The maximum absolute atomic E-state index is 12.0. The smallest absolute Gasteiger partial charge is 0.239 e. The van der Waals surface area contributed by atoms with Crippen LogP contribution in [0.4, 0.5) is 11.4 Å². The third kappa shape index (κ3) is 4.68. The topological polar surface area (TPSA) is 75.7 Å². The van der Waals surface area contributed by atoms with Crippen molar-refractivity contribution in [1.82, 2.24) is 0 Å². The molecule has 0 unspecified atom stereocenters. The van der Waals surface area contributed by atoms with Crippen LogP contribution in [-0.4, -0.2) is 51.1 Å². The monoisotopic (exact) mass is 340 g/mol. The van der Waals surface area contributed by atoms with Gasteiger partial charge in [-0.1, -0.05) is 0 Å². The number of benzene rings is 1. The van der Waals surface area contributed by atoms with Gasteiger partial charge >= 0.3 is 0 Å². The zero-order chi connectivity index (χ0) is 17.1. The zero-order valence-electron chi connectivity index (χ0n) is 13.8. The Balaban J connectivity index is 1.97. The molecule has 0 spiro atoms. The molecule has 1 aromatic carbocycles. The highest BCUT2D eigenvalue weighted by Gasteiger charge is 2.31. The first-order valence-corrected chi connectivity index (χ1v) is 9.29. The molecular formula is C16H24N2O4S. The Kier molecular flexibility index (Phi) is 5.31. The van der Waals surface area contributed by atoms with E-state index in [2.05, 4.69) is 10.2 Å². The van der Waals surface area contributed by atoms with Crippen molar-refractivity contribution in [3.05, 3.63) is 24.3 Å². The van der Waals surface area contributed by atoms with Crippen LogP contribution in [0.25, 0.3) is 0 Å². The minimum atomic E-state index is -3.48. The third-order valence-corrected chi connectivity index (χ3v) is 6.29. The molecule has 1 amide bonds. The van der Waals surface area contributed by atoms with Gasteiger partial charge in [-0.2, -0.15) is 0 Å². The van der Waals surface area contributed by atoms with E-state index in [9.17, 15) is 13.2 Å². The van der Waals surface area contributed by atoms with E-state index in [-0.39, 0.29) is 0 Å². The second-order valence-corrected chi connectivity index (χ2v) is 9.31. The van der Waals surface area contributed by atoms with Gasteiger partial charge in [0, 0.05) is 24.5 Å². The summed E-state index contributed by atoms with van der Waals surface area (Å²) in [5, 5.41) is 2.64. The summed E-state index contributed by atoms with van der Waals surface area (Å²) in [6.07, 6.45) is 0. The molecule has 0 atom stereocenters. The van der Waals surface area contributed by atoms with E-state index in [0.29, 0.717) is 18.9 Å². The first-order valence-electron chi connectivity index (χ1n) is 7.64. The first kappa shape index (κ1) is 17.7. The minimum Gasteiger partial charge on any atom is -0.378 e. The molecule has 1 fully saturated rings. The Labute approximate surface area is 137 Å². The quantitative estimate of drug-likeness (QED) is 0.902. The Morgan fingerprint density at radius 3 is 2.26 bits per heavy atom. The Bertz CT molecular complexity index is 642. The van der Waals surface area contributed by atoms with Gasteiger partial charge in [-0.15, -0.1) is 0 Å². The maximum Gasteiger partial charge on any atom is 0.239 e. The summed E-state index contributed by atoms with van der Waals surface area (Å²) in [7, 11) is -3.48. The lowest BCUT2D eigenvalue weighted by atomic mass is 10.2. The predicted molar refractivity (Wildman–Crippen MR) is 91.6 cm³/mol. The molecular weight excluding hydrogens is 316 g/mol. The summed E-state index contributed by atoms with van der Waals surface area (Å²) in [5.74, 6) is -1.03. The number of carbonyl (C=O) groups excluding carboxylic acids is 1. The minimum absolute atomic E-state index is 0.512. The van der Waals surface area contributed by atoms with Gasteiger partial charge in [0.05, 0.1) is 18.0 Å². The van der Waals surface area contributed by atoms with Crippen LogP contribution in [0.2, 0.25) is 0 Å². The van der Waals surface area contributed by atoms with E-state index in [4.69, 9.17) is 4.74 Å². The van der Waals surface area contributed by atoms with Crippen molar-refractivity contribution in [1.29, 1.82) is 0 Å². The highest BCUT2D eigenvalue weighted by molar-refractivity contribution is 7.93. The van der Waals surface area contributed by atoms with E-state index in [1.54, 1.807) is 32.9 Å². The van der Waals surface area contributed by atoms with Crippen LogP contribution in [0, 0.1) is 0 Å². The van der Waals surface area contributed by atoms with Crippen molar-refractivity contribution in [2.45, 2.75) is 25.5 Å². The van der Waals surface area contributed by atoms with E-state index in [1.165, 1.54) is 0 Å². The molecule has 0 radical (unpaired) electrons. The van der Waals surface area contributed by atoms with Crippen molar-refractivity contribution < 1.29 is 17.9 Å². The van der Waals surface area contributed by atoms with E-state index < -0.39 is 26.2 Å². The van der Waals surface area contributed by atoms with Gasteiger partial charge in [-0.05, 0) is 45.0 Å². The summed E-state index contributed by atoms with van der Waals surface area (Å²) in [4.78, 5) is 14.2. The second kappa shape index (κ2) is 6.88. The van der Waals surface area contributed by atoms with Crippen molar-refractivity contribution in [3.8, 4) is 0 Å². The summed E-state index contributed by atoms with van der Waals surface area (Å²) in [6.45, 7) is 7.88. The number of carbonyl (C=O) groups is 1. The maximum atomic E-state index is 12.0. The first-order chi connectivity index (χ1) is 10.7. The second-order valence-electron chi connectivity index (χ2n) is 6.57. The molecule has 1 heterocycles. The number of sulfone groups is 1. The van der Waals surface area contributed by atoms with Crippen LogP contribution in [0.5, 0.6) is 0 Å². The highest BCUT2D eigenvalue weighted by atomic mass is 32.2. The molecule has 128 valence electrons. The van der Waals surface area contributed by atoms with Crippen molar-refractivity contribution in [3.63, 3.8) is 0 Å². The lowest BCUT2D eigenvalue weighted by Gasteiger charge is -2.28. The van der Waals surface area contributed by atoms with E-state index >= 15 is 0 Å². The molecule has 2 rings (SSSR count). The molecule has 1 N–H and O–H groups in total. The number of morpholine rings is 1. The molecule has 0 saturated carbocycles. The van der Waals surface area contributed by atoms with Gasteiger partial charge in [0.25, 0.3) is 0 Å². The number of amides is 1. The largest absolute Gasteiger partial charge is 0.378 e. The lowest BCUT2D eigenvalue weighted by molar-refractivity contribution is -0.113. The lowest BCUT2D eigenvalue weighted by Crippen LogP contribution is -2.36. The Hall–Kier alpha value is -1.60. The molecule has 0 aromatic heterocycles. The molecule has 23 heavy (non-hydrogen) atoms. The molecule has 1 aliphatic rings. The van der Waals surface area contributed by atoms with Gasteiger partial charge in [0.15, 0.2) is 9.84 Å². The van der Waals surface area contributed by atoms with Crippen LogP contribution in [0.1, 0.15) is 20.8 Å². The zero-order valence-corrected chi connectivity index (χ0v) is 14.6. The van der Waals surface area contributed by atoms with Crippen molar-refractivity contribution in [2.24, 2.45) is 0 Å². The summed E-state index contributed by atoms with van der Waals surface area (Å²) >= 11 is 0. The Morgan fingerprint density at radius 2 is 1.74 bits per heavy atom. The van der Waals surface area contributed by atoms with Gasteiger partial charge in [0.1, 0.15) is 5.75 Å². The van der Waals surface area contributed by atoms with Crippen LogP contribution in [0.3, 0.4) is 0 Å². The average Bonchev–Trinajstić information content (AvgIpc) is 2.47. The van der Waals surface area contributed by atoms with Gasteiger partial charge in [0.2, 0.25) is 5.91 Å². The fourth-order valence-electron chi connectivity index (χ4n) is 2.16. The van der Waals surface area contributed by atoms with Gasteiger partial charge < -0.3 is 15.0 Å². The number of anilines is 2. The number of nitrogens with one attached hydrogen (secondary N) is 1. The third-order valence-electron chi connectivity index (χ3n) is 3.78. The standard InChI is InChI=1S/C16H24N2O4S/c1-16(2,3)23(20,21)12-15(19)17-13-4-6-14(7-5-13)18-8-10-22-11-9-18/h4-7H,8-12H2,1-3H3,(H,17,19). The molecule has 1 saturated heterocycles. The number of hydrogen-bond acceptors (Lipinski definition) is 5. The van der Waals surface area contributed by atoms with Gasteiger partial charge in [-0.3, -0.25) is 4.79 Å². The molecule has 1 aromatic rings. The van der Waals surface area contributed by atoms with Crippen LogP contribution >= 0.6 is 0 Å². The van der Waals surface area contributed by atoms with Crippen LogP contribution in [0.15, 0.2) is 24.3 Å². The summed E-state index contributed by atoms with van der Waals surface area (Å²) in [5.41, 5.74) is 1.66. The van der Waals surface area contributed by atoms with Gasteiger partial charge in [-0.25, -0.2) is 8.42 Å².